The van der Waals surface area contributed by atoms with Gasteiger partial charge in [-0.2, -0.15) is 0 Å². The van der Waals surface area contributed by atoms with Crippen LogP contribution < -0.4 is 29.7 Å². The Balaban J connectivity index is 1.04. The van der Waals surface area contributed by atoms with E-state index in [9.17, 15) is 4.79 Å². The maximum atomic E-state index is 13.3. The zero-order chi connectivity index (χ0) is 36.7. The highest BCUT2D eigenvalue weighted by Crippen LogP contribution is 2.39. The molecule has 1 amide bonds. The summed E-state index contributed by atoms with van der Waals surface area (Å²) in [6.07, 6.45) is 2.56. The fraction of sp³-hybridized carbons (Fsp3) is 0.405. The topological polar surface area (TPSA) is 90.5 Å². The zero-order valence-electron chi connectivity index (χ0n) is 31.5. The van der Waals surface area contributed by atoms with Crippen LogP contribution in [0.2, 0.25) is 18.1 Å². The summed E-state index contributed by atoms with van der Waals surface area (Å²) in [6.45, 7) is 16.6. The highest BCUT2D eigenvalue weighted by molar-refractivity contribution is 6.74. The van der Waals surface area contributed by atoms with Crippen molar-refractivity contribution in [2.45, 2.75) is 58.2 Å². The van der Waals surface area contributed by atoms with Gasteiger partial charge in [0, 0.05) is 31.8 Å². The van der Waals surface area contributed by atoms with Crippen LogP contribution in [0.25, 0.3) is 11.1 Å². The van der Waals surface area contributed by atoms with Crippen molar-refractivity contribution in [1.82, 2.24) is 0 Å². The molecule has 0 unspecified atom stereocenters. The molecular formula is C42H53N3O6Si. The maximum Gasteiger partial charge on any atom is 0.257 e. The van der Waals surface area contributed by atoms with Crippen LogP contribution in [0.5, 0.6) is 17.2 Å². The van der Waals surface area contributed by atoms with E-state index in [-0.39, 0.29) is 10.9 Å². The van der Waals surface area contributed by atoms with Crippen molar-refractivity contribution in [2.24, 2.45) is 0 Å². The maximum absolute atomic E-state index is 13.3. The van der Waals surface area contributed by atoms with E-state index in [1.165, 1.54) is 5.69 Å². The number of benzene rings is 4. The number of unbranched alkanes of at least 4 members (excludes halogenated alkanes) is 1. The normalized spacial score (nSPS) is 14.4. The molecule has 2 aliphatic rings. The van der Waals surface area contributed by atoms with Crippen molar-refractivity contribution in [3.63, 3.8) is 0 Å². The zero-order valence-corrected chi connectivity index (χ0v) is 32.5. The number of nitrogens with one attached hydrogen (secondary N) is 2. The molecule has 9 nitrogen and oxygen atoms in total. The predicted molar refractivity (Wildman–Crippen MR) is 213 cm³/mol. The molecule has 1 saturated heterocycles. The van der Waals surface area contributed by atoms with Gasteiger partial charge in [-0.05, 0) is 108 Å². The van der Waals surface area contributed by atoms with Crippen molar-refractivity contribution in [1.29, 1.82) is 0 Å². The van der Waals surface area contributed by atoms with Gasteiger partial charge in [0.05, 0.1) is 56.2 Å². The molecular weight excluding hydrogens is 671 g/mol. The van der Waals surface area contributed by atoms with E-state index in [4.69, 9.17) is 23.4 Å². The van der Waals surface area contributed by atoms with Crippen LogP contribution in [-0.2, 0) is 15.6 Å². The molecule has 276 valence electrons. The second-order valence-electron chi connectivity index (χ2n) is 14.9. The first-order valence-corrected chi connectivity index (χ1v) is 21.3. The number of ether oxygens (including phenoxy) is 4. The van der Waals surface area contributed by atoms with Gasteiger partial charge in [-0.3, -0.25) is 4.79 Å². The van der Waals surface area contributed by atoms with Gasteiger partial charge in [0.15, 0.2) is 19.8 Å². The third-order valence-corrected chi connectivity index (χ3v) is 14.8. The van der Waals surface area contributed by atoms with E-state index >= 15 is 0 Å². The third-order valence-electron chi connectivity index (χ3n) is 10.3. The van der Waals surface area contributed by atoms with Gasteiger partial charge in [-0.25, -0.2) is 0 Å². The average molecular weight is 724 g/mol. The lowest BCUT2D eigenvalue weighted by Gasteiger charge is -2.36. The molecule has 0 aromatic heterocycles. The number of anilines is 4. The lowest BCUT2D eigenvalue weighted by atomic mass is 10.0. The Labute approximate surface area is 309 Å². The molecule has 6 rings (SSSR count). The van der Waals surface area contributed by atoms with Gasteiger partial charge < -0.3 is 38.9 Å². The summed E-state index contributed by atoms with van der Waals surface area (Å²) in [4.78, 5) is 15.7. The van der Waals surface area contributed by atoms with Gasteiger partial charge in [0.25, 0.3) is 5.91 Å². The van der Waals surface area contributed by atoms with E-state index in [0.717, 1.165) is 85.3 Å². The highest BCUT2D eigenvalue weighted by atomic mass is 28.4. The summed E-state index contributed by atoms with van der Waals surface area (Å²) in [5, 5.41) is 6.80. The minimum absolute atomic E-state index is 0.155. The van der Waals surface area contributed by atoms with Crippen LogP contribution in [0.15, 0.2) is 78.9 Å². The summed E-state index contributed by atoms with van der Waals surface area (Å²) >= 11 is 0. The summed E-state index contributed by atoms with van der Waals surface area (Å²) in [5.74, 6) is 2.06. The lowest BCUT2D eigenvalue weighted by Crippen LogP contribution is -2.41. The Morgan fingerprint density at radius 3 is 2.23 bits per heavy atom. The Kier molecular flexibility index (Phi) is 11.8. The molecule has 2 aliphatic heterocycles. The number of carbonyl (C=O) groups is 1. The number of carbonyl (C=O) groups excluding carboxylic acids is 1. The fourth-order valence-corrected chi connectivity index (χ4v) is 7.16. The van der Waals surface area contributed by atoms with Crippen LogP contribution in [0.4, 0.5) is 22.7 Å². The van der Waals surface area contributed by atoms with Crippen LogP contribution in [0.3, 0.4) is 0 Å². The van der Waals surface area contributed by atoms with E-state index in [2.05, 4.69) is 67.6 Å². The molecule has 2 N–H and O–H groups in total. The quantitative estimate of drug-likeness (QED) is 0.0983. The van der Waals surface area contributed by atoms with Crippen molar-refractivity contribution in [3.05, 3.63) is 90.0 Å². The van der Waals surface area contributed by atoms with E-state index in [0.29, 0.717) is 36.7 Å². The average Bonchev–Trinajstić information content (AvgIpc) is 3.28. The van der Waals surface area contributed by atoms with E-state index in [1.54, 1.807) is 7.11 Å². The molecule has 4 aromatic carbocycles. The van der Waals surface area contributed by atoms with Crippen LogP contribution in [-0.4, -0.2) is 67.5 Å². The number of hydrogen-bond donors (Lipinski definition) is 2. The SMILES string of the molecule is COc1cc(-c2ccc3c(c2)Nc2ccc(CCOc4ccc(N5CCOCC5)cc4)cc2NC3=O)ccc1OCCCCO[Si](C)(C)C(C)(C)C. The second-order valence-corrected chi connectivity index (χ2v) is 19.8. The summed E-state index contributed by atoms with van der Waals surface area (Å²) in [6, 6.07) is 26.1. The number of hydrogen-bond acceptors (Lipinski definition) is 8. The Morgan fingerprint density at radius 2 is 1.48 bits per heavy atom. The van der Waals surface area contributed by atoms with Gasteiger partial charge in [0.2, 0.25) is 0 Å². The molecule has 0 bridgehead atoms. The van der Waals surface area contributed by atoms with Crippen LogP contribution >= 0.6 is 0 Å². The molecule has 0 radical (unpaired) electrons. The van der Waals surface area contributed by atoms with Crippen LogP contribution in [0.1, 0.15) is 49.5 Å². The first kappa shape index (κ1) is 37.3. The minimum atomic E-state index is -1.73. The number of morpholine rings is 1. The lowest BCUT2D eigenvalue weighted by molar-refractivity contribution is 0.102. The Bertz CT molecular complexity index is 1830. The molecule has 52 heavy (non-hydrogen) atoms. The highest BCUT2D eigenvalue weighted by Gasteiger charge is 2.36. The standard InChI is InChI=1S/C42H53N3O6Si/c1-42(2,3)52(5,6)51-23-8-7-22-50-39-18-11-32(29-40(39)47-4)31-10-16-35-37(28-31)43-36-17-9-30(27-38(36)44-41(35)46)19-24-49-34-14-12-33(13-15-34)45-20-25-48-26-21-45/h9-18,27-29,43H,7-8,19-26H2,1-6H3,(H,44,46). The molecule has 0 atom stereocenters. The van der Waals surface area contributed by atoms with Crippen molar-refractivity contribution in [3.8, 4) is 28.4 Å². The predicted octanol–water partition coefficient (Wildman–Crippen LogP) is 9.31. The van der Waals surface area contributed by atoms with Gasteiger partial charge in [-0.15, -0.1) is 0 Å². The van der Waals surface area contributed by atoms with E-state index < -0.39 is 8.32 Å². The van der Waals surface area contributed by atoms with Crippen molar-refractivity contribution >= 4 is 37.0 Å². The van der Waals surface area contributed by atoms with Crippen LogP contribution in [0, 0.1) is 0 Å². The summed E-state index contributed by atoms with van der Waals surface area (Å²) in [7, 11) is -0.0769. The first-order valence-electron chi connectivity index (χ1n) is 18.4. The summed E-state index contributed by atoms with van der Waals surface area (Å²) < 4.78 is 29.6. The van der Waals surface area contributed by atoms with Crippen molar-refractivity contribution < 1.29 is 28.2 Å². The molecule has 0 spiro atoms. The molecule has 1 fully saturated rings. The third kappa shape index (κ3) is 9.10. The number of nitrogens with zero attached hydrogens (tertiary/aromatic N) is 1. The number of amides is 1. The molecule has 4 aromatic rings. The molecule has 2 heterocycles. The van der Waals surface area contributed by atoms with E-state index in [1.807, 2.05) is 60.7 Å². The monoisotopic (exact) mass is 723 g/mol. The number of fused-ring (bicyclic) bond motifs is 2. The van der Waals surface area contributed by atoms with Gasteiger partial charge >= 0.3 is 0 Å². The molecule has 0 aliphatic carbocycles. The van der Waals surface area contributed by atoms with Crippen molar-refractivity contribution in [2.75, 3.05) is 68.8 Å². The molecule has 0 saturated carbocycles. The minimum Gasteiger partial charge on any atom is -0.493 e. The smallest absolute Gasteiger partial charge is 0.257 e. The van der Waals surface area contributed by atoms with Gasteiger partial charge in [0.1, 0.15) is 5.75 Å². The largest absolute Gasteiger partial charge is 0.493 e. The Morgan fingerprint density at radius 1 is 0.750 bits per heavy atom. The fourth-order valence-electron chi connectivity index (χ4n) is 6.08. The van der Waals surface area contributed by atoms with Gasteiger partial charge in [-0.1, -0.05) is 39.0 Å². The molecule has 10 heteroatoms. The summed E-state index contributed by atoms with van der Waals surface area (Å²) in [5.41, 5.74) is 7.08. The Hall–Kier alpha value is -4.51. The second kappa shape index (κ2) is 16.4. The first-order chi connectivity index (χ1) is 25.0. The number of methoxy groups -OCH3 is 1. The number of rotatable bonds is 14.